The number of rotatable bonds is 4. The van der Waals surface area contributed by atoms with E-state index in [1.807, 2.05) is 18.2 Å². The second-order valence-corrected chi connectivity index (χ2v) is 5.25. The van der Waals surface area contributed by atoms with Gasteiger partial charge in [0, 0.05) is 28.0 Å². The lowest BCUT2D eigenvalue weighted by atomic mass is 10.2. The van der Waals surface area contributed by atoms with Gasteiger partial charge < -0.3 is 4.74 Å². The van der Waals surface area contributed by atoms with E-state index < -0.39 is 0 Å². The third-order valence-electron chi connectivity index (χ3n) is 2.34. The van der Waals surface area contributed by atoms with Gasteiger partial charge in [-0.25, -0.2) is 0 Å². The van der Waals surface area contributed by atoms with Gasteiger partial charge >= 0.3 is 0 Å². The minimum absolute atomic E-state index is 0.368. The predicted octanol–water partition coefficient (Wildman–Crippen LogP) is 4.82. The van der Waals surface area contributed by atoms with Crippen LogP contribution in [-0.4, -0.2) is 4.98 Å². The van der Waals surface area contributed by atoms with E-state index in [2.05, 4.69) is 20.9 Å². The van der Waals surface area contributed by atoms with Gasteiger partial charge in [-0.1, -0.05) is 23.7 Å². The zero-order chi connectivity index (χ0) is 13.0. The summed E-state index contributed by atoms with van der Waals surface area (Å²) in [6.07, 6.45) is 3.48. The van der Waals surface area contributed by atoms with Gasteiger partial charge in [0.2, 0.25) is 0 Å². The van der Waals surface area contributed by atoms with Crippen molar-refractivity contribution in [2.75, 3.05) is 0 Å². The standard InChI is InChI=1S/C13H10BrCl2NO/c14-11-4-9(6-17-7-11)8-18-13-10(5-15)2-1-3-12(13)16/h1-4,6-7H,5,8H2. The second-order valence-electron chi connectivity index (χ2n) is 3.66. The Balaban J connectivity index is 2.15. The Labute approximate surface area is 124 Å². The Morgan fingerprint density at radius 2 is 2.11 bits per heavy atom. The van der Waals surface area contributed by atoms with Crippen LogP contribution in [0.5, 0.6) is 5.75 Å². The Morgan fingerprint density at radius 1 is 1.28 bits per heavy atom. The van der Waals surface area contributed by atoms with Crippen molar-refractivity contribution >= 4 is 39.1 Å². The van der Waals surface area contributed by atoms with E-state index in [4.69, 9.17) is 27.9 Å². The van der Waals surface area contributed by atoms with Crippen LogP contribution in [0.15, 0.2) is 41.1 Å². The number of halogens is 3. The van der Waals surface area contributed by atoms with Crippen LogP contribution in [0.4, 0.5) is 0 Å². The third-order valence-corrected chi connectivity index (χ3v) is 3.36. The van der Waals surface area contributed by atoms with Crippen LogP contribution in [0.1, 0.15) is 11.1 Å². The number of nitrogens with zero attached hydrogens (tertiary/aromatic N) is 1. The lowest BCUT2D eigenvalue weighted by Crippen LogP contribution is -1.99. The summed E-state index contributed by atoms with van der Waals surface area (Å²) in [6, 6.07) is 7.48. The molecule has 94 valence electrons. The minimum Gasteiger partial charge on any atom is -0.487 e. The van der Waals surface area contributed by atoms with Gasteiger partial charge in [-0.3, -0.25) is 4.98 Å². The Kier molecular flexibility index (Phi) is 4.87. The molecule has 2 nitrogen and oxygen atoms in total. The number of benzene rings is 1. The molecule has 0 fully saturated rings. The van der Waals surface area contributed by atoms with E-state index in [1.165, 1.54) is 0 Å². The maximum atomic E-state index is 6.10. The van der Waals surface area contributed by atoms with Gasteiger partial charge in [0.15, 0.2) is 0 Å². The molecule has 0 bridgehead atoms. The predicted molar refractivity (Wildman–Crippen MR) is 77.3 cm³/mol. The van der Waals surface area contributed by atoms with Crippen LogP contribution in [0, 0.1) is 0 Å². The summed E-state index contributed by atoms with van der Waals surface area (Å²) in [5, 5.41) is 0.566. The molecule has 5 heteroatoms. The first-order valence-corrected chi connectivity index (χ1v) is 6.97. The fourth-order valence-corrected chi connectivity index (χ4v) is 2.38. The molecule has 18 heavy (non-hydrogen) atoms. The maximum absolute atomic E-state index is 6.10. The molecule has 0 amide bonds. The second kappa shape index (κ2) is 6.41. The van der Waals surface area contributed by atoms with Crippen molar-refractivity contribution < 1.29 is 4.74 Å². The zero-order valence-electron chi connectivity index (χ0n) is 9.37. The average molecular weight is 347 g/mol. The lowest BCUT2D eigenvalue weighted by molar-refractivity contribution is 0.303. The molecule has 1 heterocycles. The van der Waals surface area contributed by atoms with Crippen molar-refractivity contribution in [1.29, 1.82) is 0 Å². The van der Waals surface area contributed by atoms with E-state index in [0.29, 0.717) is 23.3 Å². The monoisotopic (exact) mass is 345 g/mol. The van der Waals surface area contributed by atoms with Crippen LogP contribution in [-0.2, 0) is 12.5 Å². The SMILES string of the molecule is ClCc1cccc(Cl)c1OCc1cncc(Br)c1. The first-order chi connectivity index (χ1) is 8.70. The quantitative estimate of drug-likeness (QED) is 0.741. The number of ether oxygens (including phenoxy) is 1. The molecule has 1 aromatic carbocycles. The Morgan fingerprint density at radius 3 is 2.83 bits per heavy atom. The number of hydrogen-bond donors (Lipinski definition) is 0. The van der Waals surface area contributed by atoms with Crippen molar-refractivity contribution in [1.82, 2.24) is 4.98 Å². The van der Waals surface area contributed by atoms with Crippen molar-refractivity contribution in [2.45, 2.75) is 12.5 Å². The number of alkyl halides is 1. The highest BCUT2D eigenvalue weighted by Crippen LogP contribution is 2.30. The molecule has 0 aliphatic carbocycles. The summed E-state index contributed by atoms with van der Waals surface area (Å²) in [4.78, 5) is 4.08. The van der Waals surface area contributed by atoms with Crippen LogP contribution < -0.4 is 4.74 Å². The molecule has 0 aliphatic heterocycles. The van der Waals surface area contributed by atoms with Crippen LogP contribution in [0.3, 0.4) is 0 Å². The molecule has 1 aromatic heterocycles. The highest BCUT2D eigenvalue weighted by molar-refractivity contribution is 9.10. The molecule has 0 aliphatic rings. The Bertz CT molecular complexity index is 548. The smallest absolute Gasteiger partial charge is 0.142 e. The summed E-state index contributed by atoms with van der Waals surface area (Å²) < 4.78 is 6.64. The molecule has 2 aromatic rings. The van der Waals surface area contributed by atoms with Gasteiger partial charge in [0.25, 0.3) is 0 Å². The summed E-state index contributed by atoms with van der Waals surface area (Å²) >= 11 is 15.3. The Hall–Kier alpha value is -0.770. The summed E-state index contributed by atoms with van der Waals surface area (Å²) in [5.74, 6) is 1.00. The van der Waals surface area contributed by atoms with Crippen molar-refractivity contribution in [3.63, 3.8) is 0 Å². The van der Waals surface area contributed by atoms with Gasteiger partial charge in [-0.2, -0.15) is 0 Å². The van der Waals surface area contributed by atoms with Crippen LogP contribution in [0.2, 0.25) is 5.02 Å². The minimum atomic E-state index is 0.368. The molecule has 0 radical (unpaired) electrons. The largest absolute Gasteiger partial charge is 0.487 e. The lowest BCUT2D eigenvalue weighted by Gasteiger charge is -2.11. The molecule has 0 spiro atoms. The first-order valence-electron chi connectivity index (χ1n) is 5.26. The van der Waals surface area contributed by atoms with E-state index in [-0.39, 0.29) is 0 Å². The van der Waals surface area contributed by atoms with E-state index in [1.54, 1.807) is 18.5 Å². The molecule has 0 saturated carbocycles. The molecular formula is C13H10BrCl2NO. The van der Waals surface area contributed by atoms with Crippen molar-refractivity contribution in [3.8, 4) is 5.75 Å². The molecule has 0 unspecified atom stereocenters. The van der Waals surface area contributed by atoms with Crippen LogP contribution >= 0.6 is 39.1 Å². The maximum Gasteiger partial charge on any atom is 0.142 e. The average Bonchev–Trinajstić information content (AvgIpc) is 2.37. The van der Waals surface area contributed by atoms with E-state index in [0.717, 1.165) is 15.6 Å². The zero-order valence-corrected chi connectivity index (χ0v) is 12.5. The van der Waals surface area contributed by atoms with Gasteiger partial charge in [-0.15, -0.1) is 11.6 Å². The van der Waals surface area contributed by atoms with E-state index in [9.17, 15) is 0 Å². The highest BCUT2D eigenvalue weighted by Gasteiger charge is 2.08. The summed E-state index contributed by atoms with van der Waals surface area (Å²) in [7, 11) is 0. The molecule has 2 rings (SSSR count). The number of aromatic nitrogens is 1. The number of hydrogen-bond acceptors (Lipinski definition) is 2. The number of pyridine rings is 1. The normalized spacial score (nSPS) is 10.4. The topological polar surface area (TPSA) is 22.1 Å². The van der Waals surface area contributed by atoms with Gasteiger partial charge in [0.05, 0.1) is 10.9 Å². The first kappa shape index (κ1) is 13.7. The van der Waals surface area contributed by atoms with Gasteiger partial charge in [0.1, 0.15) is 12.4 Å². The fraction of sp³-hybridized carbons (Fsp3) is 0.154. The molecular weight excluding hydrogens is 337 g/mol. The molecule has 0 N–H and O–H groups in total. The summed E-state index contributed by atoms with van der Waals surface area (Å²) in [6.45, 7) is 0.403. The van der Waals surface area contributed by atoms with Gasteiger partial charge in [-0.05, 0) is 28.1 Å². The van der Waals surface area contributed by atoms with Crippen molar-refractivity contribution in [3.05, 3.63) is 57.3 Å². The molecule has 0 saturated heterocycles. The fourth-order valence-electron chi connectivity index (χ4n) is 1.51. The van der Waals surface area contributed by atoms with Crippen LogP contribution in [0.25, 0.3) is 0 Å². The molecule has 0 atom stereocenters. The van der Waals surface area contributed by atoms with E-state index >= 15 is 0 Å². The number of para-hydroxylation sites is 1. The summed E-state index contributed by atoms with van der Waals surface area (Å²) in [5.41, 5.74) is 1.84. The van der Waals surface area contributed by atoms with Crippen molar-refractivity contribution in [2.24, 2.45) is 0 Å². The third kappa shape index (κ3) is 3.37. The highest BCUT2D eigenvalue weighted by atomic mass is 79.9.